The number of hydrogen-bond donors (Lipinski definition) is 0. The van der Waals surface area contributed by atoms with E-state index in [0.717, 1.165) is 4.90 Å². The van der Waals surface area contributed by atoms with Crippen LogP contribution in [0, 0.1) is 0 Å². The first kappa shape index (κ1) is 12.1. The summed E-state index contributed by atoms with van der Waals surface area (Å²) in [6.45, 7) is 5.81. The monoisotopic (exact) mass is 249 g/mol. The van der Waals surface area contributed by atoms with Gasteiger partial charge in [-0.3, -0.25) is 4.79 Å². The molecule has 5 heteroatoms. The molecular formula is C12H15N3OS. The van der Waals surface area contributed by atoms with Crippen molar-refractivity contribution >= 4 is 22.7 Å². The predicted molar refractivity (Wildman–Crippen MR) is 70.6 cm³/mol. The van der Waals surface area contributed by atoms with Crippen molar-refractivity contribution in [2.24, 2.45) is 0 Å². The van der Waals surface area contributed by atoms with Crippen molar-refractivity contribution in [3.63, 3.8) is 0 Å². The lowest BCUT2D eigenvalue weighted by Crippen LogP contribution is -2.36. The van der Waals surface area contributed by atoms with E-state index in [-0.39, 0.29) is 11.1 Å². The highest BCUT2D eigenvalue weighted by Crippen LogP contribution is 2.18. The predicted octanol–water partition coefficient (Wildman–Crippen LogP) is 2.27. The quantitative estimate of drug-likeness (QED) is 0.727. The van der Waals surface area contributed by atoms with Gasteiger partial charge in [-0.2, -0.15) is 0 Å². The normalized spacial score (nSPS) is 12.0. The van der Waals surface area contributed by atoms with Gasteiger partial charge in [0, 0.05) is 4.90 Å². The number of rotatable bonds is 1. The number of hydrogen-bond acceptors (Lipinski definition) is 4. The lowest BCUT2D eigenvalue weighted by molar-refractivity contribution is 0.327. The maximum atomic E-state index is 12.2. The lowest BCUT2D eigenvalue weighted by atomic mass is 10.1. The van der Waals surface area contributed by atoms with Crippen LogP contribution in [-0.2, 0) is 5.54 Å². The molecule has 2 aromatic rings. The molecule has 0 aliphatic rings. The molecule has 1 heterocycles. The number of benzene rings is 1. The van der Waals surface area contributed by atoms with Crippen molar-refractivity contribution in [1.82, 2.24) is 15.0 Å². The average Bonchev–Trinajstić information content (AvgIpc) is 2.27. The van der Waals surface area contributed by atoms with Gasteiger partial charge in [-0.1, -0.05) is 5.21 Å². The van der Waals surface area contributed by atoms with Crippen molar-refractivity contribution in [2.45, 2.75) is 31.2 Å². The second-order valence-corrected chi connectivity index (χ2v) is 5.74. The lowest BCUT2D eigenvalue weighted by Gasteiger charge is -2.19. The summed E-state index contributed by atoms with van der Waals surface area (Å²) >= 11 is 1.62. The standard InChI is InChI=1S/C12H15N3OS/c1-12(2,3)15-11(16)9-6-5-8(17-4)7-10(9)13-14-15/h5-7H,1-4H3. The summed E-state index contributed by atoms with van der Waals surface area (Å²) < 4.78 is 1.42. The second kappa shape index (κ2) is 4.14. The molecule has 0 N–H and O–H groups in total. The van der Waals surface area contributed by atoms with Crippen molar-refractivity contribution in [2.75, 3.05) is 6.26 Å². The SMILES string of the molecule is CSc1ccc2c(=O)n(C(C)(C)C)nnc2c1. The molecule has 0 spiro atoms. The first-order chi connectivity index (χ1) is 7.93. The van der Waals surface area contributed by atoms with Gasteiger partial charge in [-0.25, -0.2) is 4.68 Å². The molecule has 0 unspecified atom stereocenters. The van der Waals surface area contributed by atoms with Crippen LogP contribution in [0.2, 0.25) is 0 Å². The fraction of sp³-hybridized carbons (Fsp3) is 0.417. The second-order valence-electron chi connectivity index (χ2n) is 4.86. The van der Waals surface area contributed by atoms with Gasteiger partial charge in [0.25, 0.3) is 5.56 Å². The van der Waals surface area contributed by atoms with Crippen LogP contribution in [0.1, 0.15) is 20.8 Å². The summed E-state index contributed by atoms with van der Waals surface area (Å²) in [4.78, 5) is 13.3. The Bertz CT molecular complexity index is 613. The molecule has 1 aromatic heterocycles. The van der Waals surface area contributed by atoms with Gasteiger partial charge in [0.2, 0.25) is 0 Å². The third-order valence-corrected chi connectivity index (χ3v) is 3.23. The summed E-state index contributed by atoms with van der Waals surface area (Å²) in [7, 11) is 0. The molecule has 1 aromatic carbocycles. The van der Waals surface area contributed by atoms with Crippen LogP contribution in [-0.4, -0.2) is 21.2 Å². The topological polar surface area (TPSA) is 47.8 Å². The van der Waals surface area contributed by atoms with Crippen LogP contribution >= 0.6 is 11.8 Å². The molecule has 2 rings (SSSR count). The molecule has 0 fully saturated rings. The summed E-state index contributed by atoms with van der Waals surface area (Å²) in [6, 6.07) is 5.64. The van der Waals surface area contributed by atoms with Gasteiger partial charge in [-0.05, 0) is 45.2 Å². The van der Waals surface area contributed by atoms with Gasteiger partial charge in [0.1, 0.15) is 5.52 Å². The zero-order valence-corrected chi connectivity index (χ0v) is 11.2. The number of nitrogens with zero attached hydrogens (tertiary/aromatic N) is 3. The van der Waals surface area contributed by atoms with Crippen LogP contribution in [0.15, 0.2) is 27.9 Å². The van der Waals surface area contributed by atoms with Gasteiger partial charge >= 0.3 is 0 Å². The molecule has 17 heavy (non-hydrogen) atoms. The minimum Gasteiger partial charge on any atom is -0.267 e. The molecule has 0 atom stereocenters. The molecule has 4 nitrogen and oxygen atoms in total. The molecule has 0 saturated carbocycles. The van der Waals surface area contributed by atoms with E-state index in [1.807, 2.05) is 45.2 Å². The molecule has 0 aliphatic heterocycles. The fourth-order valence-corrected chi connectivity index (χ4v) is 2.02. The van der Waals surface area contributed by atoms with Gasteiger partial charge in [-0.15, -0.1) is 16.9 Å². The van der Waals surface area contributed by atoms with E-state index in [1.54, 1.807) is 11.8 Å². The maximum absolute atomic E-state index is 12.2. The third kappa shape index (κ3) is 2.20. The molecule has 0 amide bonds. The molecule has 0 radical (unpaired) electrons. The maximum Gasteiger partial charge on any atom is 0.278 e. The van der Waals surface area contributed by atoms with Gasteiger partial charge in [0.15, 0.2) is 0 Å². The Morgan fingerprint density at radius 3 is 2.59 bits per heavy atom. The summed E-state index contributed by atoms with van der Waals surface area (Å²) in [5.41, 5.74) is 0.216. The Morgan fingerprint density at radius 1 is 1.29 bits per heavy atom. The van der Waals surface area contributed by atoms with Crippen LogP contribution < -0.4 is 5.56 Å². The van der Waals surface area contributed by atoms with Crippen LogP contribution in [0.4, 0.5) is 0 Å². The largest absolute Gasteiger partial charge is 0.278 e. The van der Waals surface area contributed by atoms with E-state index < -0.39 is 0 Å². The highest BCUT2D eigenvalue weighted by molar-refractivity contribution is 7.98. The molecule has 0 aliphatic carbocycles. The number of fused-ring (bicyclic) bond motifs is 1. The van der Waals surface area contributed by atoms with E-state index in [4.69, 9.17) is 0 Å². The van der Waals surface area contributed by atoms with E-state index in [0.29, 0.717) is 10.9 Å². The molecular weight excluding hydrogens is 234 g/mol. The zero-order valence-electron chi connectivity index (χ0n) is 10.4. The average molecular weight is 249 g/mol. The van der Waals surface area contributed by atoms with Crippen LogP contribution in [0.25, 0.3) is 10.9 Å². The fourth-order valence-electron chi connectivity index (χ4n) is 1.59. The Morgan fingerprint density at radius 2 is 2.00 bits per heavy atom. The van der Waals surface area contributed by atoms with Crippen molar-refractivity contribution < 1.29 is 0 Å². The van der Waals surface area contributed by atoms with E-state index in [1.165, 1.54) is 4.68 Å². The van der Waals surface area contributed by atoms with Gasteiger partial charge < -0.3 is 0 Å². The highest BCUT2D eigenvalue weighted by atomic mass is 32.2. The third-order valence-electron chi connectivity index (χ3n) is 2.50. The minimum absolute atomic E-state index is 0.0878. The molecule has 0 saturated heterocycles. The molecule has 90 valence electrons. The van der Waals surface area contributed by atoms with E-state index in [9.17, 15) is 4.79 Å². The Balaban J connectivity index is 2.74. The Kier molecular flexibility index (Phi) is 2.95. The van der Waals surface area contributed by atoms with E-state index in [2.05, 4.69) is 10.3 Å². The first-order valence-electron chi connectivity index (χ1n) is 5.38. The Hall–Kier alpha value is -1.36. The molecule has 0 bridgehead atoms. The summed E-state index contributed by atoms with van der Waals surface area (Å²) in [5, 5.41) is 8.73. The number of aromatic nitrogens is 3. The first-order valence-corrected chi connectivity index (χ1v) is 6.60. The van der Waals surface area contributed by atoms with Crippen molar-refractivity contribution in [1.29, 1.82) is 0 Å². The van der Waals surface area contributed by atoms with Crippen LogP contribution in [0.5, 0.6) is 0 Å². The summed E-state index contributed by atoms with van der Waals surface area (Å²) in [5.74, 6) is 0. The number of thioether (sulfide) groups is 1. The van der Waals surface area contributed by atoms with Crippen LogP contribution in [0.3, 0.4) is 0 Å². The van der Waals surface area contributed by atoms with E-state index >= 15 is 0 Å². The van der Waals surface area contributed by atoms with Gasteiger partial charge in [0.05, 0.1) is 10.9 Å². The van der Waals surface area contributed by atoms with Crippen molar-refractivity contribution in [3.8, 4) is 0 Å². The smallest absolute Gasteiger partial charge is 0.267 e. The highest BCUT2D eigenvalue weighted by Gasteiger charge is 2.18. The summed E-state index contributed by atoms with van der Waals surface area (Å²) in [6.07, 6.45) is 1.99. The van der Waals surface area contributed by atoms with Crippen molar-refractivity contribution in [3.05, 3.63) is 28.6 Å². The Labute approximate surface area is 104 Å². The zero-order chi connectivity index (χ0) is 12.6. The minimum atomic E-state index is -0.351.